The second kappa shape index (κ2) is 5.63. The first-order chi connectivity index (χ1) is 9.03. The molecule has 0 saturated heterocycles. The van der Waals surface area contributed by atoms with E-state index in [1.54, 1.807) is 52.0 Å². The first-order valence-corrected chi connectivity index (χ1v) is 6.45. The SMILES string of the molecule is CC(=O)Nc1cccc(C(=O)NC(C)(C)C(C)(C)O)c1. The van der Waals surface area contributed by atoms with Gasteiger partial charge < -0.3 is 15.7 Å². The highest BCUT2D eigenvalue weighted by Gasteiger charge is 2.36. The number of carbonyl (C=O) groups excluding carboxylic acids is 2. The van der Waals surface area contributed by atoms with Gasteiger partial charge in [0.2, 0.25) is 5.91 Å². The van der Waals surface area contributed by atoms with E-state index < -0.39 is 11.1 Å². The Hall–Kier alpha value is -1.88. The first kappa shape index (κ1) is 16.2. The van der Waals surface area contributed by atoms with Gasteiger partial charge in [-0.3, -0.25) is 9.59 Å². The van der Waals surface area contributed by atoms with Crippen LogP contribution in [0.3, 0.4) is 0 Å². The second-order valence-electron chi connectivity index (χ2n) is 5.90. The van der Waals surface area contributed by atoms with Crippen molar-refractivity contribution in [3.05, 3.63) is 29.8 Å². The molecule has 0 aliphatic heterocycles. The summed E-state index contributed by atoms with van der Waals surface area (Å²) in [6, 6.07) is 6.65. The van der Waals surface area contributed by atoms with Gasteiger partial charge in [-0.15, -0.1) is 0 Å². The van der Waals surface area contributed by atoms with Gasteiger partial charge in [0, 0.05) is 18.2 Å². The lowest BCUT2D eigenvalue weighted by Crippen LogP contribution is -2.57. The number of rotatable bonds is 4. The highest BCUT2D eigenvalue weighted by Crippen LogP contribution is 2.21. The minimum Gasteiger partial charge on any atom is -0.388 e. The van der Waals surface area contributed by atoms with E-state index in [0.717, 1.165) is 0 Å². The van der Waals surface area contributed by atoms with E-state index in [9.17, 15) is 14.7 Å². The third-order valence-corrected chi connectivity index (χ3v) is 3.40. The quantitative estimate of drug-likeness (QED) is 0.787. The van der Waals surface area contributed by atoms with Gasteiger partial charge in [-0.05, 0) is 45.9 Å². The molecular weight excluding hydrogens is 256 g/mol. The van der Waals surface area contributed by atoms with Gasteiger partial charge >= 0.3 is 0 Å². The normalized spacial score (nSPS) is 11.9. The molecular formula is C15H22N2O3. The molecule has 0 heterocycles. The van der Waals surface area contributed by atoms with Crippen LogP contribution in [0, 0.1) is 0 Å². The number of hydrogen-bond acceptors (Lipinski definition) is 3. The highest BCUT2D eigenvalue weighted by atomic mass is 16.3. The fraction of sp³-hybridized carbons (Fsp3) is 0.467. The highest BCUT2D eigenvalue weighted by molar-refractivity contribution is 5.97. The third kappa shape index (κ3) is 4.06. The number of amides is 2. The predicted molar refractivity (Wildman–Crippen MR) is 78.6 cm³/mol. The molecule has 1 rings (SSSR count). The summed E-state index contributed by atoms with van der Waals surface area (Å²) >= 11 is 0. The van der Waals surface area contributed by atoms with Crippen molar-refractivity contribution < 1.29 is 14.7 Å². The van der Waals surface area contributed by atoms with Crippen LogP contribution in [-0.2, 0) is 4.79 Å². The summed E-state index contributed by atoms with van der Waals surface area (Å²) in [5, 5.41) is 15.5. The van der Waals surface area contributed by atoms with Crippen LogP contribution in [0.15, 0.2) is 24.3 Å². The Morgan fingerprint density at radius 3 is 2.25 bits per heavy atom. The van der Waals surface area contributed by atoms with Crippen LogP contribution in [0.5, 0.6) is 0 Å². The Morgan fingerprint density at radius 1 is 1.15 bits per heavy atom. The Kier molecular flexibility index (Phi) is 4.55. The molecule has 0 bridgehead atoms. The molecule has 0 atom stereocenters. The summed E-state index contributed by atoms with van der Waals surface area (Å²) in [5.74, 6) is -0.497. The molecule has 0 aliphatic rings. The van der Waals surface area contributed by atoms with E-state index in [4.69, 9.17) is 0 Å². The first-order valence-electron chi connectivity index (χ1n) is 6.45. The van der Waals surface area contributed by atoms with E-state index in [2.05, 4.69) is 10.6 Å². The molecule has 0 spiro atoms. The monoisotopic (exact) mass is 278 g/mol. The Balaban J connectivity index is 2.91. The maximum absolute atomic E-state index is 12.2. The fourth-order valence-corrected chi connectivity index (χ4v) is 1.45. The number of carbonyl (C=O) groups is 2. The Morgan fingerprint density at radius 2 is 1.75 bits per heavy atom. The number of hydrogen-bond donors (Lipinski definition) is 3. The summed E-state index contributed by atoms with van der Waals surface area (Å²) < 4.78 is 0. The van der Waals surface area contributed by atoms with Crippen molar-refractivity contribution in [3.8, 4) is 0 Å². The van der Waals surface area contributed by atoms with Crippen molar-refractivity contribution in [2.24, 2.45) is 0 Å². The minimum absolute atomic E-state index is 0.195. The summed E-state index contributed by atoms with van der Waals surface area (Å²) in [5.41, 5.74) is -0.855. The van der Waals surface area contributed by atoms with Crippen LogP contribution in [0.25, 0.3) is 0 Å². The lowest BCUT2D eigenvalue weighted by atomic mass is 9.85. The van der Waals surface area contributed by atoms with Crippen LogP contribution < -0.4 is 10.6 Å². The molecule has 0 aromatic heterocycles. The van der Waals surface area contributed by atoms with E-state index in [-0.39, 0.29) is 11.8 Å². The molecule has 3 N–H and O–H groups in total. The van der Waals surface area contributed by atoms with Crippen molar-refractivity contribution >= 4 is 17.5 Å². The van der Waals surface area contributed by atoms with Gasteiger partial charge in [0.15, 0.2) is 0 Å². The molecule has 5 heteroatoms. The van der Waals surface area contributed by atoms with E-state index in [1.807, 2.05) is 0 Å². The topological polar surface area (TPSA) is 78.4 Å². The van der Waals surface area contributed by atoms with Crippen LogP contribution in [0.4, 0.5) is 5.69 Å². The zero-order chi connectivity index (χ0) is 15.6. The number of benzene rings is 1. The number of anilines is 1. The third-order valence-electron chi connectivity index (χ3n) is 3.40. The molecule has 5 nitrogen and oxygen atoms in total. The van der Waals surface area contributed by atoms with Gasteiger partial charge in [-0.2, -0.15) is 0 Å². The van der Waals surface area contributed by atoms with Crippen LogP contribution in [0.2, 0.25) is 0 Å². The van der Waals surface area contributed by atoms with Gasteiger partial charge in [-0.1, -0.05) is 6.07 Å². The molecule has 0 aliphatic carbocycles. The Labute approximate surface area is 119 Å². The van der Waals surface area contributed by atoms with Crippen LogP contribution in [0.1, 0.15) is 45.0 Å². The van der Waals surface area contributed by atoms with Gasteiger partial charge in [0.05, 0.1) is 11.1 Å². The van der Waals surface area contributed by atoms with Crippen LogP contribution >= 0.6 is 0 Å². The standard InChI is InChI=1S/C15H22N2O3/c1-10(18)16-12-8-6-7-11(9-12)13(19)17-14(2,3)15(4,5)20/h6-9,20H,1-5H3,(H,16,18)(H,17,19). The van der Waals surface area contributed by atoms with E-state index >= 15 is 0 Å². The van der Waals surface area contributed by atoms with Crippen molar-refractivity contribution in [3.63, 3.8) is 0 Å². The molecule has 1 aromatic rings. The predicted octanol–water partition coefficient (Wildman–Crippen LogP) is 1.92. The fourth-order valence-electron chi connectivity index (χ4n) is 1.45. The van der Waals surface area contributed by atoms with Gasteiger partial charge in [-0.25, -0.2) is 0 Å². The molecule has 20 heavy (non-hydrogen) atoms. The smallest absolute Gasteiger partial charge is 0.251 e. The second-order valence-corrected chi connectivity index (χ2v) is 5.90. The molecule has 2 amide bonds. The average molecular weight is 278 g/mol. The zero-order valence-electron chi connectivity index (χ0n) is 12.6. The van der Waals surface area contributed by atoms with Crippen molar-refractivity contribution in [1.82, 2.24) is 5.32 Å². The number of nitrogens with one attached hydrogen (secondary N) is 2. The van der Waals surface area contributed by atoms with Gasteiger partial charge in [0.25, 0.3) is 5.91 Å². The summed E-state index contributed by atoms with van der Waals surface area (Å²) in [7, 11) is 0. The zero-order valence-corrected chi connectivity index (χ0v) is 12.6. The maximum Gasteiger partial charge on any atom is 0.251 e. The Bertz CT molecular complexity index is 516. The largest absolute Gasteiger partial charge is 0.388 e. The van der Waals surface area contributed by atoms with E-state index in [0.29, 0.717) is 11.3 Å². The average Bonchev–Trinajstić information content (AvgIpc) is 2.26. The minimum atomic E-state index is -1.06. The lowest BCUT2D eigenvalue weighted by Gasteiger charge is -2.38. The van der Waals surface area contributed by atoms with Crippen molar-refractivity contribution in [2.75, 3.05) is 5.32 Å². The maximum atomic E-state index is 12.2. The molecule has 0 radical (unpaired) electrons. The molecule has 1 aromatic carbocycles. The van der Waals surface area contributed by atoms with Crippen LogP contribution in [-0.4, -0.2) is 28.1 Å². The number of aliphatic hydroxyl groups is 1. The molecule has 110 valence electrons. The summed E-state index contributed by atoms with van der Waals surface area (Å²) in [6.07, 6.45) is 0. The molecule has 0 saturated carbocycles. The van der Waals surface area contributed by atoms with Crippen molar-refractivity contribution in [1.29, 1.82) is 0 Å². The summed E-state index contributed by atoms with van der Waals surface area (Å²) in [4.78, 5) is 23.2. The lowest BCUT2D eigenvalue weighted by molar-refractivity contribution is -0.114. The summed E-state index contributed by atoms with van der Waals surface area (Å²) in [6.45, 7) is 8.19. The van der Waals surface area contributed by atoms with E-state index in [1.165, 1.54) is 6.92 Å². The molecule has 0 unspecified atom stereocenters. The van der Waals surface area contributed by atoms with Gasteiger partial charge in [0.1, 0.15) is 0 Å². The molecule has 0 fully saturated rings. The van der Waals surface area contributed by atoms with Crippen molar-refractivity contribution in [2.45, 2.75) is 45.8 Å².